The largest absolute Gasteiger partial charge is 0.497 e. The maximum absolute atomic E-state index is 5.87. The van der Waals surface area contributed by atoms with E-state index < -0.39 is 0 Å². The molecule has 0 radical (unpaired) electrons. The monoisotopic (exact) mass is 452 g/mol. The molecule has 4 aromatic rings. The van der Waals surface area contributed by atoms with Crippen molar-refractivity contribution < 1.29 is 9.47 Å². The number of thioether (sulfide) groups is 1. The first kappa shape index (κ1) is 21.4. The van der Waals surface area contributed by atoms with E-state index in [4.69, 9.17) is 14.5 Å². The van der Waals surface area contributed by atoms with E-state index in [1.54, 1.807) is 30.2 Å². The Morgan fingerprint density at radius 1 is 1.00 bits per heavy atom. The Hall–Kier alpha value is -2.84. The zero-order valence-electron chi connectivity index (χ0n) is 17.7. The van der Waals surface area contributed by atoms with Crippen LogP contribution in [0.25, 0.3) is 10.6 Å². The van der Waals surface area contributed by atoms with Crippen LogP contribution in [0.4, 0.5) is 0 Å². The minimum atomic E-state index is 0.363. The third-order valence-corrected chi connectivity index (χ3v) is 6.68. The predicted octanol–water partition coefficient (Wildman–Crippen LogP) is 5.61. The first-order valence-electron chi connectivity index (χ1n) is 9.99. The van der Waals surface area contributed by atoms with Gasteiger partial charge in [-0.25, -0.2) is 4.98 Å². The molecule has 0 aliphatic heterocycles. The summed E-state index contributed by atoms with van der Waals surface area (Å²) in [5.41, 5.74) is 3.45. The molecule has 160 valence electrons. The molecule has 0 N–H and O–H groups in total. The van der Waals surface area contributed by atoms with Crippen LogP contribution in [-0.4, -0.2) is 26.9 Å². The molecule has 31 heavy (non-hydrogen) atoms. The van der Waals surface area contributed by atoms with E-state index in [-0.39, 0.29) is 0 Å². The second-order valence-electron chi connectivity index (χ2n) is 6.91. The van der Waals surface area contributed by atoms with Gasteiger partial charge in [-0.3, -0.25) is 0 Å². The van der Waals surface area contributed by atoms with Crippen molar-refractivity contribution in [3.05, 3.63) is 71.0 Å². The normalized spacial score (nSPS) is 10.9. The highest BCUT2D eigenvalue weighted by Gasteiger charge is 2.13. The molecule has 0 bridgehead atoms. The molecule has 2 heterocycles. The maximum Gasteiger partial charge on any atom is 0.191 e. The number of aryl methyl sites for hydroxylation is 1. The molecule has 4 rings (SSSR count). The van der Waals surface area contributed by atoms with Crippen LogP contribution in [0.1, 0.15) is 24.0 Å². The van der Waals surface area contributed by atoms with Gasteiger partial charge in [0, 0.05) is 23.2 Å². The highest BCUT2D eigenvalue weighted by atomic mass is 32.2. The van der Waals surface area contributed by atoms with Gasteiger partial charge in [-0.1, -0.05) is 41.6 Å². The van der Waals surface area contributed by atoms with Crippen LogP contribution >= 0.6 is 23.1 Å². The fourth-order valence-corrected chi connectivity index (χ4v) is 4.86. The Morgan fingerprint density at radius 2 is 1.74 bits per heavy atom. The Bertz CT molecular complexity index is 1120. The molecule has 2 aromatic heterocycles. The van der Waals surface area contributed by atoms with E-state index in [0.717, 1.165) is 51.0 Å². The average molecular weight is 453 g/mol. The van der Waals surface area contributed by atoms with Gasteiger partial charge in [-0.15, -0.1) is 21.5 Å². The Morgan fingerprint density at radius 3 is 2.45 bits per heavy atom. The van der Waals surface area contributed by atoms with E-state index in [0.29, 0.717) is 6.61 Å². The smallest absolute Gasteiger partial charge is 0.191 e. The van der Waals surface area contributed by atoms with E-state index in [2.05, 4.69) is 58.3 Å². The minimum Gasteiger partial charge on any atom is -0.497 e. The third-order valence-electron chi connectivity index (χ3n) is 4.74. The van der Waals surface area contributed by atoms with Crippen LogP contribution in [0.3, 0.4) is 0 Å². The molecule has 0 aliphatic rings. The second kappa shape index (κ2) is 9.98. The van der Waals surface area contributed by atoms with Crippen molar-refractivity contribution in [2.45, 2.75) is 37.9 Å². The number of thiazole rings is 1. The quantitative estimate of drug-likeness (QED) is 0.308. The Labute approximate surface area is 190 Å². The van der Waals surface area contributed by atoms with Gasteiger partial charge < -0.3 is 14.0 Å². The summed E-state index contributed by atoms with van der Waals surface area (Å²) < 4.78 is 13.1. The molecule has 8 heteroatoms. The average Bonchev–Trinajstić information content (AvgIpc) is 3.43. The molecule has 0 saturated heterocycles. The van der Waals surface area contributed by atoms with E-state index in [1.165, 1.54) is 5.56 Å². The number of ether oxygens (including phenoxy) is 2. The highest BCUT2D eigenvalue weighted by molar-refractivity contribution is 7.98. The lowest BCUT2D eigenvalue weighted by Gasteiger charge is -2.09. The molecular weight excluding hydrogens is 428 g/mol. The highest BCUT2D eigenvalue weighted by Crippen LogP contribution is 2.28. The van der Waals surface area contributed by atoms with Crippen LogP contribution in [0, 0.1) is 6.92 Å². The summed E-state index contributed by atoms with van der Waals surface area (Å²) >= 11 is 3.32. The number of benzene rings is 2. The lowest BCUT2D eigenvalue weighted by Crippen LogP contribution is -2.07. The van der Waals surface area contributed by atoms with Gasteiger partial charge in [0.15, 0.2) is 11.0 Å². The van der Waals surface area contributed by atoms with Gasteiger partial charge in [0.25, 0.3) is 0 Å². The lowest BCUT2D eigenvalue weighted by atomic mass is 10.2. The van der Waals surface area contributed by atoms with E-state index >= 15 is 0 Å². The van der Waals surface area contributed by atoms with Crippen molar-refractivity contribution in [1.82, 2.24) is 19.7 Å². The van der Waals surface area contributed by atoms with Crippen molar-refractivity contribution in [3.63, 3.8) is 0 Å². The summed E-state index contributed by atoms with van der Waals surface area (Å²) in [6.07, 6.45) is 0. The van der Waals surface area contributed by atoms with Gasteiger partial charge in [0.1, 0.15) is 23.1 Å². The van der Waals surface area contributed by atoms with Crippen molar-refractivity contribution >= 4 is 23.1 Å². The van der Waals surface area contributed by atoms with Gasteiger partial charge in [0.2, 0.25) is 0 Å². The van der Waals surface area contributed by atoms with Gasteiger partial charge in [-0.05, 0) is 38.1 Å². The number of hydrogen-bond donors (Lipinski definition) is 0. The Balaban J connectivity index is 1.38. The number of hydrogen-bond acceptors (Lipinski definition) is 7. The van der Waals surface area contributed by atoms with E-state index in [9.17, 15) is 0 Å². The minimum absolute atomic E-state index is 0.363. The van der Waals surface area contributed by atoms with Crippen molar-refractivity contribution in [1.29, 1.82) is 0 Å². The summed E-state index contributed by atoms with van der Waals surface area (Å²) in [6.45, 7) is 5.32. The van der Waals surface area contributed by atoms with Crippen molar-refractivity contribution in [2.75, 3.05) is 7.11 Å². The molecule has 0 saturated carbocycles. The van der Waals surface area contributed by atoms with Crippen LogP contribution < -0.4 is 9.47 Å². The topological polar surface area (TPSA) is 62.1 Å². The summed E-state index contributed by atoms with van der Waals surface area (Å²) in [6, 6.07) is 16.0. The maximum atomic E-state index is 5.87. The van der Waals surface area contributed by atoms with Crippen molar-refractivity contribution in [2.24, 2.45) is 0 Å². The molecular formula is C23H24N4O2S2. The lowest BCUT2D eigenvalue weighted by molar-refractivity contribution is 0.287. The summed E-state index contributed by atoms with van der Waals surface area (Å²) in [4.78, 5) is 4.78. The standard InChI is InChI=1S/C23H24N4O2S2/c1-4-27-21(13-29-20-11-9-19(28-3)10-12-20)25-26-23(27)31-15-18-14-30-22(24-18)17-7-5-16(2)6-8-17/h5-12,14H,4,13,15H2,1-3H3. The molecule has 2 aromatic carbocycles. The van der Waals surface area contributed by atoms with Gasteiger partial charge >= 0.3 is 0 Å². The fourth-order valence-electron chi connectivity index (χ4n) is 3.01. The Kier molecular flexibility index (Phi) is 6.89. The van der Waals surface area contributed by atoms with Crippen LogP contribution in [-0.2, 0) is 18.9 Å². The number of aromatic nitrogens is 4. The van der Waals surface area contributed by atoms with Gasteiger partial charge in [0.05, 0.1) is 12.8 Å². The molecule has 0 spiro atoms. The third kappa shape index (κ3) is 5.26. The predicted molar refractivity (Wildman–Crippen MR) is 125 cm³/mol. The summed E-state index contributed by atoms with van der Waals surface area (Å²) in [7, 11) is 1.65. The zero-order valence-corrected chi connectivity index (χ0v) is 19.4. The van der Waals surface area contributed by atoms with Crippen LogP contribution in [0.15, 0.2) is 59.1 Å². The van der Waals surface area contributed by atoms with Crippen molar-refractivity contribution in [3.8, 4) is 22.1 Å². The number of methoxy groups -OCH3 is 1. The molecule has 0 atom stereocenters. The molecule has 0 fully saturated rings. The SMILES string of the molecule is CCn1c(COc2ccc(OC)cc2)nnc1SCc1csc(-c2ccc(C)cc2)n1. The molecule has 0 aliphatic carbocycles. The summed E-state index contributed by atoms with van der Waals surface area (Å²) in [5, 5.41) is 12.7. The summed E-state index contributed by atoms with van der Waals surface area (Å²) in [5.74, 6) is 3.13. The molecule has 6 nitrogen and oxygen atoms in total. The molecule has 0 unspecified atom stereocenters. The zero-order chi connectivity index (χ0) is 21.6. The molecule has 0 amide bonds. The van der Waals surface area contributed by atoms with Crippen LogP contribution in [0.5, 0.6) is 11.5 Å². The van der Waals surface area contributed by atoms with Gasteiger partial charge in [-0.2, -0.15) is 0 Å². The first-order chi connectivity index (χ1) is 15.2. The fraction of sp³-hybridized carbons (Fsp3) is 0.261. The van der Waals surface area contributed by atoms with Crippen LogP contribution in [0.2, 0.25) is 0 Å². The van der Waals surface area contributed by atoms with E-state index in [1.807, 2.05) is 24.3 Å². The number of nitrogens with zero attached hydrogens (tertiary/aromatic N) is 4. The first-order valence-corrected chi connectivity index (χ1v) is 11.9. The number of rotatable bonds is 9. The second-order valence-corrected chi connectivity index (χ2v) is 8.71.